The molecule has 0 radical (unpaired) electrons. The molecule has 0 aliphatic rings. The lowest BCUT2D eigenvalue weighted by Gasteiger charge is -2.04. The molecule has 0 fully saturated rings. The van der Waals surface area contributed by atoms with Crippen LogP contribution in [0.15, 0.2) is 112 Å². The summed E-state index contributed by atoms with van der Waals surface area (Å²) < 4.78 is 12.9. The van der Waals surface area contributed by atoms with Gasteiger partial charge in [-0.15, -0.1) is 0 Å². The van der Waals surface area contributed by atoms with E-state index < -0.39 is 0 Å². The molecule has 7 rings (SSSR count). The van der Waals surface area contributed by atoms with Crippen LogP contribution in [-0.4, -0.2) is 0 Å². The van der Waals surface area contributed by atoms with Gasteiger partial charge in [0.05, 0.1) is 6.57 Å². The van der Waals surface area contributed by atoms with Crippen LogP contribution in [0.25, 0.3) is 71.0 Å². The Morgan fingerprint density at radius 2 is 1.06 bits per heavy atom. The fourth-order valence-corrected chi connectivity index (χ4v) is 4.96. The average molecular weight is 435 g/mol. The van der Waals surface area contributed by atoms with Gasteiger partial charge >= 0.3 is 0 Å². The van der Waals surface area contributed by atoms with E-state index in [0.717, 1.165) is 66.1 Å². The van der Waals surface area contributed by atoms with Crippen molar-refractivity contribution in [3.63, 3.8) is 0 Å². The Morgan fingerprint density at radius 3 is 1.79 bits per heavy atom. The quantitative estimate of drug-likeness (QED) is 0.253. The Bertz CT molecular complexity index is 1930. The minimum Gasteiger partial charge on any atom is -0.455 e. The Balaban J connectivity index is 1.53. The Morgan fingerprint density at radius 1 is 0.500 bits per heavy atom. The monoisotopic (exact) mass is 435 g/mol. The molecule has 3 nitrogen and oxygen atoms in total. The number of benzene rings is 5. The van der Waals surface area contributed by atoms with Gasteiger partial charge in [-0.3, -0.25) is 0 Å². The zero-order valence-corrected chi connectivity index (χ0v) is 18.1. The molecule has 0 unspecified atom stereocenters. The van der Waals surface area contributed by atoms with Crippen molar-refractivity contribution in [2.24, 2.45) is 0 Å². The van der Waals surface area contributed by atoms with E-state index in [9.17, 15) is 0 Å². The second-order valence-corrected chi connectivity index (χ2v) is 8.41. The average Bonchev–Trinajstić information content (AvgIpc) is 3.47. The Hall–Kier alpha value is -4.81. The van der Waals surface area contributed by atoms with Gasteiger partial charge in [0.1, 0.15) is 22.3 Å². The van der Waals surface area contributed by atoms with E-state index in [4.69, 9.17) is 15.4 Å². The molecule has 0 spiro atoms. The number of para-hydroxylation sites is 4. The van der Waals surface area contributed by atoms with Crippen molar-refractivity contribution < 1.29 is 8.83 Å². The lowest BCUT2D eigenvalue weighted by Crippen LogP contribution is -1.80. The molecule has 0 amide bonds. The zero-order chi connectivity index (χ0) is 22.6. The molecule has 0 saturated carbocycles. The van der Waals surface area contributed by atoms with Crippen LogP contribution in [0.2, 0.25) is 0 Å². The van der Waals surface area contributed by atoms with Crippen LogP contribution in [0, 0.1) is 6.57 Å². The summed E-state index contributed by atoms with van der Waals surface area (Å²) in [5.74, 6) is 0. The first kappa shape index (κ1) is 18.7. The van der Waals surface area contributed by atoms with Crippen molar-refractivity contribution in [3.05, 3.63) is 115 Å². The molecule has 7 aromatic rings. The SMILES string of the molecule is [C-]#[N+]c1cccc(-c2cccc3c2oc2c(-c4cccc5c4oc4ccccc45)cccc23)c1. The fourth-order valence-electron chi connectivity index (χ4n) is 4.96. The molecule has 34 heavy (non-hydrogen) atoms. The smallest absolute Gasteiger partial charge is 0.187 e. The first-order chi connectivity index (χ1) is 16.8. The summed E-state index contributed by atoms with van der Waals surface area (Å²) in [6.45, 7) is 7.38. The predicted molar refractivity (Wildman–Crippen MR) is 138 cm³/mol. The molecule has 0 N–H and O–H groups in total. The van der Waals surface area contributed by atoms with Crippen LogP contribution >= 0.6 is 0 Å². The van der Waals surface area contributed by atoms with Crippen LogP contribution in [0.5, 0.6) is 0 Å². The Labute approximate surface area is 195 Å². The number of hydrogen-bond donors (Lipinski definition) is 0. The maximum Gasteiger partial charge on any atom is 0.187 e. The molecule has 5 aromatic carbocycles. The third-order valence-electron chi connectivity index (χ3n) is 6.51. The summed E-state index contributed by atoms with van der Waals surface area (Å²) in [4.78, 5) is 3.59. The van der Waals surface area contributed by atoms with Crippen LogP contribution in [0.1, 0.15) is 0 Å². The van der Waals surface area contributed by atoms with Gasteiger partial charge in [-0.25, -0.2) is 4.85 Å². The van der Waals surface area contributed by atoms with Gasteiger partial charge in [-0.05, 0) is 17.7 Å². The maximum atomic E-state index is 7.38. The number of fused-ring (bicyclic) bond motifs is 6. The van der Waals surface area contributed by atoms with Crippen molar-refractivity contribution >= 4 is 49.6 Å². The zero-order valence-electron chi connectivity index (χ0n) is 18.1. The first-order valence-corrected chi connectivity index (χ1v) is 11.1. The first-order valence-electron chi connectivity index (χ1n) is 11.1. The minimum absolute atomic E-state index is 0.614. The lowest BCUT2D eigenvalue weighted by molar-refractivity contribution is 0.665. The summed E-state index contributed by atoms with van der Waals surface area (Å²) >= 11 is 0. The van der Waals surface area contributed by atoms with E-state index in [2.05, 4.69) is 53.4 Å². The standard InChI is InChI=1S/C31H17NO2/c1-32-20-9-4-8-19(18-20)21-11-5-13-24-26-15-7-16-27(31(26)34-29(21)24)25-14-6-12-23-22-10-2-3-17-28(22)33-30(23)25/h2-18H. The summed E-state index contributed by atoms with van der Waals surface area (Å²) in [5.41, 5.74) is 7.97. The van der Waals surface area contributed by atoms with E-state index in [-0.39, 0.29) is 0 Å². The number of nitrogens with zero attached hydrogens (tertiary/aromatic N) is 1. The second kappa shape index (κ2) is 7.10. The third-order valence-corrected chi connectivity index (χ3v) is 6.51. The summed E-state index contributed by atoms with van der Waals surface area (Å²) in [6.07, 6.45) is 0. The predicted octanol–water partition coefficient (Wildman–Crippen LogP) is 9.37. The molecular formula is C31H17NO2. The van der Waals surface area contributed by atoms with E-state index in [1.54, 1.807) is 0 Å². The van der Waals surface area contributed by atoms with Gasteiger partial charge in [-0.1, -0.05) is 91.0 Å². The number of furan rings is 2. The highest BCUT2D eigenvalue weighted by Gasteiger charge is 2.18. The topological polar surface area (TPSA) is 30.6 Å². The molecule has 0 aliphatic heterocycles. The number of hydrogen-bond acceptors (Lipinski definition) is 2. The second-order valence-electron chi connectivity index (χ2n) is 8.41. The van der Waals surface area contributed by atoms with Crippen LogP contribution in [-0.2, 0) is 0 Å². The van der Waals surface area contributed by atoms with E-state index in [0.29, 0.717) is 5.69 Å². The molecule has 2 aromatic heterocycles. The van der Waals surface area contributed by atoms with E-state index in [1.165, 1.54) is 0 Å². The highest BCUT2D eigenvalue weighted by Crippen LogP contribution is 2.43. The molecule has 0 aliphatic carbocycles. The van der Waals surface area contributed by atoms with Gasteiger partial charge in [0, 0.05) is 38.2 Å². The molecule has 0 saturated heterocycles. The van der Waals surface area contributed by atoms with Crippen molar-refractivity contribution in [2.45, 2.75) is 0 Å². The molecule has 0 bridgehead atoms. The van der Waals surface area contributed by atoms with Crippen molar-refractivity contribution in [1.29, 1.82) is 0 Å². The largest absolute Gasteiger partial charge is 0.455 e. The minimum atomic E-state index is 0.614. The normalized spacial score (nSPS) is 11.5. The molecule has 158 valence electrons. The van der Waals surface area contributed by atoms with Crippen molar-refractivity contribution in [2.75, 3.05) is 0 Å². The lowest BCUT2D eigenvalue weighted by atomic mass is 9.99. The maximum absolute atomic E-state index is 7.38. The highest BCUT2D eigenvalue weighted by molar-refractivity contribution is 6.16. The van der Waals surface area contributed by atoms with Crippen molar-refractivity contribution in [3.8, 4) is 22.3 Å². The fraction of sp³-hybridized carbons (Fsp3) is 0. The number of rotatable bonds is 2. The summed E-state index contributed by atoms with van der Waals surface area (Å²) in [7, 11) is 0. The van der Waals surface area contributed by atoms with Gasteiger partial charge < -0.3 is 8.83 Å². The summed E-state index contributed by atoms with van der Waals surface area (Å²) in [6, 6.07) is 34.5. The third kappa shape index (κ3) is 2.63. The molecular weight excluding hydrogens is 418 g/mol. The van der Waals surface area contributed by atoms with Crippen LogP contribution in [0.3, 0.4) is 0 Å². The van der Waals surface area contributed by atoms with Crippen LogP contribution < -0.4 is 0 Å². The van der Waals surface area contributed by atoms with Crippen molar-refractivity contribution in [1.82, 2.24) is 0 Å². The summed E-state index contributed by atoms with van der Waals surface area (Å²) in [5, 5.41) is 4.32. The van der Waals surface area contributed by atoms with Gasteiger partial charge in [-0.2, -0.15) is 0 Å². The molecule has 0 atom stereocenters. The van der Waals surface area contributed by atoms with Crippen LogP contribution in [0.4, 0.5) is 5.69 Å². The molecule has 3 heteroatoms. The Kier molecular flexibility index (Phi) is 3.91. The molecule has 2 heterocycles. The van der Waals surface area contributed by atoms with Gasteiger partial charge in [0.15, 0.2) is 5.69 Å². The van der Waals surface area contributed by atoms with E-state index in [1.807, 2.05) is 54.6 Å². The van der Waals surface area contributed by atoms with E-state index >= 15 is 0 Å². The van der Waals surface area contributed by atoms with Gasteiger partial charge in [0.25, 0.3) is 0 Å². The van der Waals surface area contributed by atoms with Gasteiger partial charge in [0.2, 0.25) is 0 Å². The highest BCUT2D eigenvalue weighted by atomic mass is 16.3.